The van der Waals surface area contributed by atoms with Gasteiger partial charge < -0.3 is 10.5 Å². The van der Waals surface area contributed by atoms with E-state index in [0.717, 1.165) is 12.1 Å². The zero-order chi connectivity index (χ0) is 15.6. The van der Waals surface area contributed by atoms with Crippen LogP contribution >= 0.6 is 12.2 Å². The van der Waals surface area contributed by atoms with Gasteiger partial charge in [0.25, 0.3) is 0 Å². The van der Waals surface area contributed by atoms with Crippen LogP contribution in [0.25, 0.3) is 0 Å². The van der Waals surface area contributed by atoms with Crippen molar-refractivity contribution in [1.29, 1.82) is 0 Å². The second-order valence-electron chi connectivity index (χ2n) is 3.87. The van der Waals surface area contributed by atoms with Gasteiger partial charge in [-0.1, -0.05) is 18.3 Å². The molecule has 0 saturated carbocycles. The molecule has 112 valence electrons. The summed E-state index contributed by atoms with van der Waals surface area (Å²) in [7, 11) is 0. The van der Waals surface area contributed by atoms with E-state index >= 15 is 0 Å². The van der Waals surface area contributed by atoms with Crippen molar-refractivity contribution in [2.45, 2.75) is 18.7 Å². The van der Waals surface area contributed by atoms with Gasteiger partial charge in [0, 0.05) is 5.56 Å². The van der Waals surface area contributed by atoms with E-state index in [1.54, 1.807) is 0 Å². The average Bonchev–Trinajstić information content (AvgIpc) is 2.29. The van der Waals surface area contributed by atoms with E-state index in [4.69, 9.17) is 5.73 Å². The Bertz CT molecular complexity index is 502. The molecule has 0 heterocycles. The van der Waals surface area contributed by atoms with Crippen LogP contribution in [0, 0.1) is 5.82 Å². The van der Waals surface area contributed by atoms with Gasteiger partial charge in [-0.15, -0.1) is 0 Å². The van der Waals surface area contributed by atoms with Crippen molar-refractivity contribution in [2.24, 2.45) is 5.73 Å². The molecule has 9 heteroatoms. The molecule has 0 spiro atoms. The smallest absolute Gasteiger partial charge is 0.389 e. The summed E-state index contributed by atoms with van der Waals surface area (Å²) in [5.41, 5.74) is 5.26. The highest BCUT2D eigenvalue weighted by Gasteiger charge is 2.57. The highest BCUT2D eigenvalue weighted by molar-refractivity contribution is 7.80. The number of halogens is 6. The van der Waals surface area contributed by atoms with Crippen molar-refractivity contribution < 1.29 is 31.1 Å². The maximum absolute atomic E-state index is 13.2. The summed E-state index contributed by atoms with van der Waals surface area (Å²) in [6.45, 7) is -2.38. The van der Waals surface area contributed by atoms with Gasteiger partial charge in [-0.05, 0) is 17.7 Å². The third-order valence-electron chi connectivity index (χ3n) is 2.26. The summed E-state index contributed by atoms with van der Waals surface area (Å²) in [5.74, 6) is -5.67. The molecule has 0 aliphatic heterocycles. The van der Waals surface area contributed by atoms with Crippen LogP contribution in [0.2, 0.25) is 0 Å². The first kappa shape index (κ1) is 16.7. The molecular weight excluding hydrogens is 308 g/mol. The van der Waals surface area contributed by atoms with Gasteiger partial charge in [0.2, 0.25) is 0 Å². The monoisotopic (exact) mass is 317 g/mol. The first-order valence-corrected chi connectivity index (χ1v) is 5.56. The van der Waals surface area contributed by atoms with Crippen LogP contribution in [0.4, 0.5) is 26.3 Å². The Balaban J connectivity index is 2.68. The fourth-order valence-electron chi connectivity index (χ4n) is 1.23. The van der Waals surface area contributed by atoms with Crippen molar-refractivity contribution in [3.8, 4) is 0 Å². The molecule has 0 amide bonds. The minimum Gasteiger partial charge on any atom is -0.389 e. The highest BCUT2D eigenvalue weighted by Crippen LogP contribution is 2.35. The molecule has 1 rings (SSSR count). The van der Waals surface area contributed by atoms with E-state index in [9.17, 15) is 26.3 Å². The Hall–Kier alpha value is -1.35. The Morgan fingerprint density at radius 2 is 1.80 bits per heavy atom. The summed E-state index contributed by atoms with van der Waals surface area (Å²) in [5, 5.41) is 0. The van der Waals surface area contributed by atoms with Crippen LogP contribution in [0.15, 0.2) is 18.2 Å². The molecule has 2 N–H and O–H groups in total. The lowest BCUT2D eigenvalue weighted by atomic mass is 10.1. The standard InChI is InChI=1S/C11H9F6NOS/c12-8-2-1-6(3-7(8)9(18)20)4-19-5-10(13,14)11(15,16)17/h1-3H,4-5H2,(H2,18,20). The molecule has 0 bridgehead atoms. The molecule has 20 heavy (non-hydrogen) atoms. The molecule has 0 aromatic heterocycles. The maximum Gasteiger partial charge on any atom is 0.455 e. The van der Waals surface area contributed by atoms with E-state index in [2.05, 4.69) is 17.0 Å². The van der Waals surface area contributed by atoms with Crippen LogP contribution in [0.3, 0.4) is 0 Å². The molecule has 0 unspecified atom stereocenters. The third kappa shape index (κ3) is 4.07. The van der Waals surface area contributed by atoms with Gasteiger partial charge in [-0.3, -0.25) is 0 Å². The van der Waals surface area contributed by atoms with Gasteiger partial charge in [-0.25, -0.2) is 4.39 Å². The molecule has 0 aliphatic rings. The van der Waals surface area contributed by atoms with Crippen LogP contribution < -0.4 is 5.73 Å². The van der Waals surface area contributed by atoms with E-state index < -0.39 is 31.1 Å². The molecule has 0 fully saturated rings. The van der Waals surface area contributed by atoms with Gasteiger partial charge in [0.1, 0.15) is 17.4 Å². The van der Waals surface area contributed by atoms with E-state index in [-0.39, 0.29) is 16.1 Å². The highest BCUT2D eigenvalue weighted by atomic mass is 32.1. The molecule has 0 atom stereocenters. The normalized spacial score (nSPS) is 12.5. The van der Waals surface area contributed by atoms with Crippen molar-refractivity contribution in [1.82, 2.24) is 0 Å². The van der Waals surface area contributed by atoms with Gasteiger partial charge >= 0.3 is 12.1 Å². The lowest BCUT2D eigenvalue weighted by Gasteiger charge is -2.19. The van der Waals surface area contributed by atoms with Gasteiger partial charge in [-0.2, -0.15) is 22.0 Å². The van der Waals surface area contributed by atoms with Crippen molar-refractivity contribution in [2.75, 3.05) is 6.61 Å². The summed E-state index contributed by atoms with van der Waals surface area (Å²) in [6, 6.07) is 3.27. The molecule has 1 aromatic carbocycles. The number of benzene rings is 1. The lowest BCUT2D eigenvalue weighted by molar-refractivity contribution is -0.297. The molecule has 0 saturated heterocycles. The summed E-state index contributed by atoms with van der Waals surface area (Å²) in [6.07, 6.45) is -5.68. The quantitative estimate of drug-likeness (QED) is 0.669. The van der Waals surface area contributed by atoms with E-state index in [0.29, 0.717) is 0 Å². The maximum atomic E-state index is 13.2. The van der Waals surface area contributed by atoms with Crippen LogP contribution in [-0.4, -0.2) is 23.7 Å². The SMILES string of the molecule is NC(=S)c1cc(COCC(F)(F)C(F)(F)F)ccc1F. The Morgan fingerprint density at radius 3 is 2.30 bits per heavy atom. The lowest BCUT2D eigenvalue weighted by Crippen LogP contribution is -2.40. The van der Waals surface area contributed by atoms with Crippen LogP contribution in [0.1, 0.15) is 11.1 Å². The summed E-state index contributed by atoms with van der Waals surface area (Å²) >= 11 is 4.56. The first-order valence-electron chi connectivity index (χ1n) is 5.15. The number of hydrogen-bond donors (Lipinski definition) is 1. The fourth-order valence-corrected chi connectivity index (χ4v) is 1.39. The average molecular weight is 317 g/mol. The molecule has 0 radical (unpaired) electrons. The van der Waals surface area contributed by atoms with Crippen LogP contribution in [0.5, 0.6) is 0 Å². The van der Waals surface area contributed by atoms with Gasteiger partial charge in [0.15, 0.2) is 0 Å². The van der Waals surface area contributed by atoms with Crippen molar-refractivity contribution in [3.63, 3.8) is 0 Å². The van der Waals surface area contributed by atoms with Crippen LogP contribution in [-0.2, 0) is 11.3 Å². The van der Waals surface area contributed by atoms with E-state index in [1.807, 2.05) is 0 Å². The predicted octanol–water partition coefficient (Wildman–Crippen LogP) is 3.17. The summed E-state index contributed by atoms with van der Waals surface area (Å²) in [4.78, 5) is -0.259. The number of alkyl halides is 5. The Labute approximate surface area is 115 Å². The number of ether oxygens (including phenoxy) is 1. The fraction of sp³-hybridized carbons (Fsp3) is 0.364. The second-order valence-corrected chi connectivity index (χ2v) is 4.31. The predicted molar refractivity (Wildman–Crippen MR) is 62.9 cm³/mol. The van der Waals surface area contributed by atoms with E-state index in [1.165, 1.54) is 6.07 Å². The van der Waals surface area contributed by atoms with Crippen molar-refractivity contribution >= 4 is 17.2 Å². The second kappa shape index (κ2) is 5.96. The summed E-state index contributed by atoms with van der Waals surface area (Å²) < 4.78 is 78.2. The molecular formula is C11H9F6NOS. The first-order chi connectivity index (χ1) is 9.04. The van der Waals surface area contributed by atoms with Crippen molar-refractivity contribution in [3.05, 3.63) is 35.1 Å². The number of hydrogen-bond acceptors (Lipinski definition) is 2. The number of thiocarbonyl (C=S) groups is 1. The zero-order valence-electron chi connectivity index (χ0n) is 9.81. The topological polar surface area (TPSA) is 35.2 Å². The largest absolute Gasteiger partial charge is 0.455 e. The number of rotatable bonds is 5. The molecule has 2 nitrogen and oxygen atoms in total. The zero-order valence-corrected chi connectivity index (χ0v) is 10.6. The number of nitrogens with two attached hydrogens (primary N) is 1. The Morgan fingerprint density at radius 1 is 1.20 bits per heavy atom. The third-order valence-corrected chi connectivity index (χ3v) is 2.48. The minimum atomic E-state index is -5.68. The Kier molecular flexibility index (Phi) is 4.98. The molecule has 1 aromatic rings. The van der Waals surface area contributed by atoms with Gasteiger partial charge in [0.05, 0.1) is 6.61 Å². The molecule has 0 aliphatic carbocycles. The minimum absolute atomic E-state index is 0.135.